The molecule has 5 heteroatoms. The zero-order valence-electron chi connectivity index (χ0n) is 17.4. The number of aryl methyl sites for hydroxylation is 1. The lowest BCUT2D eigenvalue weighted by Gasteiger charge is -2.38. The number of nitrogens with one attached hydrogen (secondary N) is 1. The number of benzene rings is 1. The van der Waals surface area contributed by atoms with Gasteiger partial charge in [0.2, 0.25) is 0 Å². The van der Waals surface area contributed by atoms with E-state index < -0.39 is 11.6 Å². The molecule has 1 aliphatic heterocycles. The van der Waals surface area contributed by atoms with Crippen LogP contribution in [0, 0.1) is 17.6 Å². The number of aromatic nitrogens is 1. The Morgan fingerprint density at radius 3 is 2.62 bits per heavy atom. The highest BCUT2D eigenvalue weighted by molar-refractivity contribution is 5.85. The fourth-order valence-corrected chi connectivity index (χ4v) is 5.64. The van der Waals surface area contributed by atoms with Crippen LogP contribution in [0.1, 0.15) is 75.5 Å². The maximum absolute atomic E-state index is 14.1. The molecular formula is C24H34F2N2O. The Hall–Kier alpha value is -1.46. The maximum atomic E-state index is 14.1. The van der Waals surface area contributed by atoms with E-state index in [0.29, 0.717) is 22.6 Å². The molecule has 0 amide bonds. The molecule has 2 fully saturated rings. The minimum absolute atomic E-state index is 0.181. The highest BCUT2D eigenvalue weighted by atomic mass is 19.1. The molecule has 1 saturated heterocycles. The Labute approximate surface area is 172 Å². The number of fused-ring (bicyclic) bond motifs is 1. The summed E-state index contributed by atoms with van der Waals surface area (Å²) in [5.41, 5.74) is 1.78. The van der Waals surface area contributed by atoms with Crippen molar-refractivity contribution in [1.82, 2.24) is 9.88 Å². The van der Waals surface area contributed by atoms with Gasteiger partial charge in [-0.3, -0.25) is 0 Å². The fourth-order valence-electron chi connectivity index (χ4n) is 5.64. The number of piperidine rings is 1. The standard InChI is InChI=1S/C24H34F2N2O/c25-18-14-21-20(23(16-29)27-24(21)22(26)15-18)10-6-12-28-11-5-4-9-19(28)13-17-7-2-1-3-8-17/h14-15,17,19,27,29H,1-13,16H2. The molecule has 1 saturated carbocycles. The highest BCUT2D eigenvalue weighted by Gasteiger charge is 2.26. The number of hydrogen-bond donors (Lipinski definition) is 2. The van der Waals surface area contributed by atoms with E-state index in [0.717, 1.165) is 36.9 Å². The number of halogens is 2. The monoisotopic (exact) mass is 404 g/mol. The third-order valence-electron chi connectivity index (χ3n) is 7.13. The van der Waals surface area contributed by atoms with Gasteiger partial charge in [-0.2, -0.15) is 0 Å². The van der Waals surface area contributed by atoms with Gasteiger partial charge in [-0.15, -0.1) is 0 Å². The zero-order chi connectivity index (χ0) is 20.2. The number of H-pyrrole nitrogens is 1. The summed E-state index contributed by atoms with van der Waals surface area (Å²) in [6, 6.07) is 2.98. The summed E-state index contributed by atoms with van der Waals surface area (Å²) in [5, 5.41) is 10.3. The number of nitrogens with zero attached hydrogens (tertiary/aromatic N) is 1. The average molecular weight is 405 g/mol. The first-order valence-corrected chi connectivity index (χ1v) is 11.5. The first-order valence-electron chi connectivity index (χ1n) is 11.5. The van der Waals surface area contributed by atoms with Gasteiger partial charge in [-0.1, -0.05) is 38.5 Å². The molecule has 4 rings (SSSR count). The van der Waals surface area contributed by atoms with Gasteiger partial charge >= 0.3 is 0 Å². The van der Waals surface area contributed by atoms with Gasteiger partial charge in [-0.05, 0) is 62.7 Å². The molecule has 0 spiro atoms. The molecular weight excluding hydrogens is 370 g/mol. The molecule has 2 N–H and O–H groups in total. The molecule has 29 heavy (non-hydrogen) atoms. The van der Waals surface area contributed by atoms with E-state index in [9.17, 15) is 13.9 Å². The molecule has 2 aromatic rings. The van der Waals surface area contributed by atoms with Gasteiger partial charge < -0.3 is 15.0 Å². The maximum Gasteiger partial charge on any atom is 0.150 e. The van der Waals surface area contributed by atoms with Crippen molar-refractivity contribution in [2.24, 2.45) is 5.92 Å². The molecule has 1 aliphatic carbocycles. The predicted octanol–water partition coefficient (Wildman–Crippen LogP) is 5.70. The predicted molar refractivity (Wildman–Crippen MR) is 113 cm³/mol. The summed E-state index contributed by atoms with van der Waals surface area (Å²) in [5.74, 6) is -0.261. The van der Waals surface area contributed by atoms with Gasteiger partial charge in [0.25, 0.3) is 0 Å². The van der Waals surface area contributed by atoms with Crippen LogP contribution in [0.25, 0.3) is 10.9 Å². The average Bonchev–Trinajstić information content (AvgIpc) is 3.08. The topological polar surface area (TPSA) is 39.3 Å². The van der Waals surface area contributed by atoms with Crippen molar-refractivity contribution in [2.45, 2.75) is 83.3 Å². The van der Waals surface area contributed by atoms with Gasteiger partial charge in [0, 0.05) is 23.2 Å². The molecule has 1 aromatic heterocycles. The van der Waals surface area contributed by atoms with E-state index in [2.05, 4.69) is 9.88 Å². The lowest BCUT2D eigenvalue weighted by Crippen LogP contribution is -2.41. The summed E-state index contributed by atoms with van der Waals surface area (Å²) in [6.45, 7) is 2.01. The molecule has 2 aliphatic rings. The van der Waals surface area contributed by atoms with Gasteiger partial charge in [0.05, 0.1) is 12.1 Å². The Bertz CT molecular complexity index is 813. The van der Waals surface area contributed by atoms with Crippen LogP contribution in [0.3, 0.4) is 0 Å². The van der Waals surface area contributed by atoms with Crippen molar-refractivity contribution in [3.63, 3.8) is 0 Å². The van der Waals surface area contributed by atoms with Crippen molar-refractivity contribution in [3.05, 3.63) is 35.0 Å². The molecule has 1 aromatic carbocycles. The SMILES string of the molecule is OCc1[nH]c2c(F)cc(F)cc2c1CCCN1CCCCC1CC1CCCCC1. The first-order chi connectivity index (χ1) is 14.2. The third-order valence-corrected chi connectivity index (χ3v) is 7.13. The van der Waals surface area contributed by atoms with Crippen LogP contribution in [0.5, 0.6) is 0 Å². The number of aliphatic hydroxyl groups excluding tert-OH is 1. The second-order valence-electron chi connectivity index (χ2n) is 9.08. The van der Waals surface area contributed by atoms with Crippen LogP contribution in [-0.2, 0) is 13.0 Å². The minimum atomic E-state index is -0.593. The summed E-state index contributed by atoms with van der Waals surface area (Å²) in [6.07, 6.45) is 13.9. The highest BCUT2D eigenvalue weighted by Crippen LogP contribution is 2.32. The van der Waals surface area contributed by atoms with Crippen LogP contribution in [0.4, 0.5) is 8.78 Å². The zero-order valence-corrected chi connectivity index (χ0v) is 17.4. The molecule has 0 bridgehead atoms. The summed E-state index contributed by atoms with van der Waals surface area (Å²) < 4.78 is 27.9. The van der Waals surface area contributed by atoms with Gasteiger partial charge in [0.15, 0.2) is 0 Å². The quantitative estimate of drug-likeness (QED) is 0.622. The molecule has 2 heterocycles. The number of aromatic amines is 1. The van der Waals surface area contributed by atoms with Crippen molar-refractivity contribution < 1.29 is 13.9 Å². The van der Waals surface area contributed by atoms with Crippen molar-refractivity contribution in [3.8, 4) is 0 Å². The van der Waals surface area contributed by atoms with Crippen LogP contribution < -0.4 is 0 Å². The second kappa shape index (κ2) is 9.57. The third kappa shape index (κ3) is 4.83. The van der Waals surface area contributed by atoms with E-state index >= 15 is 0 Å². The summed E-state index contributed by atoms with van der Waals surface area (Å²) in [4.78, 5) is 5.61. The normalized spacial score (nSPS) is 21.8. The molecule has 3 nitrogen and oxygen atoms in total. The number of rotatable bonds is 7. The van der Waals surface area contributed by atoms with E-state index in [1.165, 1.54) is 70.4 Å². The lowest BCUT2D eigenvalue weighted by atomic mass is 9.82. The van der Waals surface area contributed by atoms with Crippen LogP contribution >= 0.6 is 0 Å². The first kappa shape index (κ1) is 20.8. The number of aliphatic hydroxyl groups is 1. The van der Waals surface area contributed by atoms with Crippen LogP contribution in [0.2, 0.25) is 0 Å². The molecule has 160 valence electrons. The Morgan fingerprint density at radius 2 is 1.83 bits per heavy atom. The molecule has 1 unspecified atom stereocenters. The van der Waals surface area contributed by atoms with Gasteiger partial charge in [0.1, 0.15) is 11.6 Å². The molecule has 0 radical (unpaired) electrons. The van der Waals surface area contributed by atoms with Crippen molar-refractivity contribution in [2.75, 3.05) is 13.1 Å². The van der Waals surface area contributed by atoms with E-state index in [-0.39, 0.29) is 6.61 Å². The van der Waals surface area contributed by atoms with Crippen LogP contribution in [0.15, 0.2) is 12.1 Å². The number of likely N-dealkylation sites (tertiary alicyclic amines) is 1. The fraction of sp³-hybridized carbons (Fsp3) is 0.667. The smallest absolute Gasteiger partial charge is 0.150 e. The minimum Gasteiger partial charge on any atom is -0.390 e. The van der Waals surface area contributed by atoms with E-state index in [4.69, 9.17) is 0 Å². The number of hydrogen-bond acceptors (Lipinski definition) is 2. The lowest BCUT2D eigenvalue weighted by molar-refractivity contribution is 0.115. The van der Waals surface area contributed by atoms with Gasteiger partial charge in [-0.25, -0.2) is 8.78 Å². The van der Waals surface area contributed by atoms with E-state index in [1.807, 2.05) is 0 Å². The van der Waals surface area contributed by atoms with E-state index in [1.54, 1.807) is 0 Å². The molecule has 1 atom stereocenters. The Morgan fingerprint density at radius 1 is 1.03 bits per heavy atom. The summed E-state index contributed by atoms with van der Waals surface area (Å²) in [7, 11) is 0. The second-order valence-corrected chi connectivity index (χ2v) is 9.08. The largest absolute Gasteiger partial charge is 0.390 e. The summed E-state index contributed by atoms with van der Waals surface area (Å²) >= 11 is 0. The van der Waals surface area contributed by atoms with Crippen molar-refractivity contribution in [1.29, 1.82) is 0 Å². The Kier molecular flexibility index (Phi) is 6.86. The Balaban J connectivity index is 1.40. The van der Waals surface area contributed by atoms with Crippen molar-refractivity contribution >= 4 is 10.9 Å². The van der Waals surface area contributed by atoms with Crippen LogP contribution in [-0.4, -0.2) is 34.1 Å².